The molecule has 11 heteroatoms. The highest BCUT2D eigenvalue weighted by molar-refractivity contribution is 6.12. The summed E-state index contributed by atoms with van der Waals surface area (Å²) in [6, 6.07) is 11.8. The number of hydrogen-bond donors (Lipinski definition) is 3. The third-order valence-corrected chi connectivity index (χ3v) is 5.51. The number of carbonyl (C=O) groups is 3. The molecule has 0 saturated carbocycles. The van der Waals surface area contributed by atoms with E-state index in [1.165, 1.54) is 13.0 Å². The van der Waals surface area contributed by atoms with E-state index in [0.29, 0.717) is 12.0 Å². The van der Waals surface area contributed by atoms with E-state index >= 15 is 0 Å². The normalized spacial score (nSPS) is 11.3. The molecule has 1 aromatic heterocycles. The van der Waals surface area contributed by atoms with Crippen LogP contribution in [0.25, 0.3) is 11.1 Å². The van der Waals surface area contributed by atoms with Crippen molar-refractivity contribution in [3.8, 4) is 16.9 Å². The molecule has 0 fully saturated rings. The lowest BCUT2D eigenvalue weighted by Crippen LogP contribution is -2.20. The van der Waals surface area contributed by atoms with Gasteiger partial charge in [0.05, 0.1) is 30.0 Å². The largest absolute Gasteiger partial charge is 0.493 e. The summed E-state index contributed by atoms with van der Waals surface area (Å²) in [4.78, 5) is 41.1. The Bertz CT molecular complexity index is 1370. The van der Waals surface area contributed by atoms with Crippen LogP contribution in [0.3, 0.4) is 0 Å². The Hall–Kier alpha value is -4.41. The zero-order valence-electron chi connectivity index (χ0n) is 21.6. The van der Waals surface area contributed by atoms with Gasteiger partial charge in [-0.1, -0.05) is 32.0 Å². The van der Waals surface area contributed by atoms with Crippen molar-refractivity contribution in [1.29, 1.82) is 0 Å². The average Bonchev–Trinajstić information content (AvgIpc) is 2.84. The van der Waals surface area contributed by atoms with Crippen LogP contribution in [0.15, 0.2) is 54.7 Å². The predicted octanol–water partition coefficient (Wildman–Crippen LogP) is 6.67. The number of pyridine rings is 1. The molecule has 206 valence electrons. The number of benzene rings is 2. The van der Waals surface area contributed by atoms with Gasteiger partial charge in [-0.15, -0.1) is 0 Å². The molecule has 39 heavy (non-hydrogen) atoms. The van der Waals surface area contributed by atoms with Crippen molar-refractivity contribution in [1.82, 2.24) is 4.98 Å². The fraction of sp³-hybridized carbons (Fsp3) is 0.286. The van der Waals surface area contributed by atoms with Gasteiger partial charge in [0.1, 0.15) is 5.75 Å². The molecular weight excluding hydrogens is 515 g/mol. The molecule has 0 unspecified atom stereocenters. The monoisotopic (exact) mass is 543 g/mol. The summed E-state index contributed by atoms with van der Waals surface area (Å²) in [6.07, 6.45) is -4.62. The van der Waals surface area contributed by atoms with Gasteiger partial charge in [0, 0.05) is 23.5 Å². The fourth-order valence-electron chi connectivity index (χ4n) is 3.90. The number of halogens is 3. The highest BCUT2D eigenvalue weighted by Crippen LogP contribution is 2.41. The number of amides is 2. The van der Waals surface area contributed by atoms with Gasteiger partial charge in [0.15, 0.2) is 5.78 Å². The molecular formula is C28H28F3N3O5. The second-order valence-corrected chi connectivity index (χ2v) is 9.12. The minimum atomic E-state index is -4.84. The predicted molar refractivity (Wildman–Crippen MR) is 140 cm³/mol. The number of aromatic nitrogens is 1. The van der Waals surface area contributed by atoms with Gasteiger partial charge in [-0.05, 0) is 54.7 Å². The first-order chi connectivity index (χ1) is 18.4. The molecule has 2 aromatic carbocycles. The number of ether oxygens (including phenoxy) is 1. The van der Waals surface area contributed by atoms with Gasteiger partial charge < -0.3 is 15.2 Å². The van der Waals surface area contributed by atoms with Crippen LogP contribution in [0.2, 0.25) is 0 Å². The van der Waals surface area contributed by atoms with Crippen LogP contribution < -0.4 is 15.4 Å². The minimum absolute atomic E-state index is 0.104. The number of ketones is 1. The quantitative estimate of drug-likeness (QED) is 0.194. The SMILES string of the molecule is CCOc1cc(NC(=O)O)c(NC(=O)CC(=O)c2cccc(-c3ccnc(CC(C)C)c3)c2)cc1C(F)(F)F. The summed E-state index contributed by atoms with van der Waals surface area (Å²) in [5.41, 5.74) is 0.713. The number of alkyl halides is 3. The number of nitrogens with zero attached hydrogens (tertiary/aromatic N) is 1. The second kappa shape index (κ2) is 12.4. The Morgan fingerprint density at radius 2 is 1.69 bits per heavy atom. The van der Waals surface area contributed by atoms with E-state index in [4.69, 9.17) is 9.84 Å². The lowest BCUT2D eigenvalue weighted by Gasteiger charge is -2.18. The minimum Gasteiger partial charge on any atom is -0.493 e. The van der Waals surface area contributed by atoms with Crippen LogP contribution in [0.1, 0.15) is 48.8 Å². The summed E-state index contributed by atoms with van der Waals surface area (Å²) >= 11 is 0. The van der Waals surface area contributed by atoms with Gasteiger partial charge in [-0.3, -0.25) is 19.9 Å². The maximum Gasteiger partial charge on any atom is 0.420 e. The molecule has 0 radical (unpaired) electrons. The van der Waals surface area contributed by atoms with E-state index in [1.54, 1.807) is 24.4 Å². The van der Waals surface area contributed by atoms with Gasteiger partial charge in [0.25, 0.3) is 0 Å². The summed E-state index contributed by atoms with van der Waals surface area (Å²) in [5.74, 6) is -1.68. The standard InChI is InChI=1S/C28H28F3N3O5/c1-4-39-25-14-23(34-27(37)38)22(13-21(25)28(29,30)31)33-26(36)15-24(35)19-7-5-6-17(11-19)18-8-9-32-20(12-18)10-16(2)3/h5-9,11-14,16,34H,4,10,15H2,1-3H3,(H,33,36)(H,37,38). The zero-order chi connectivity index (χ0) is 28.7. The van der Waals surface area contributed by atoms with Crippen molar-refractivity contribution in [2.24, 2.45) is 5.92 Å². The number of Topliss-reactive ketones (excluding diaryl/α,β-unsaturated/α-hetero) is 1. The summed E-state index contributed by atoms with van der Waals surface area (Å²) < 4.78 is 45.8. The van der Waals surface area contributed by atoms with E-state index < -0.39 is 47.4 Å². The smallest absolute Gasteiger partial charge is 0.420 e. The Morgan fingerprint density at radius 1 is 1.00 bits per heavy atom. The molecule has 0 aliphatic rings. The molecule has 0 saturated heterocycles. The average molecular weight is 544 g/mol. The van der Waals surface area contributed by atoms with E-state index in [-0.39, 0.29) is 17.9 Å². The molecule has 8 nitrogen and oxygen atoms in total. The van der Waals surface area contributed by atoms with Crippen molar-refractivity contribution < 1.29 is 37.4 Å². The van der Waals surface area contributed by atoms with Crippen LogP contribution in [-0.4, -0.2) is 34.5 Å². The lowest BCUT2D eigenvalue weighted by molar-refractivity contribution is -0.138. The van der Waals surface area contributed by atoms with Crippen molar-refractivity contribution in [2.45, 2.75) is 39.8 Å². The highest BCUT2D eigenvalue weighted by Gasteiger charge is 2.36. The van der Waals surface area contributed by atoms with Crippen molar-refractivity contribution in [3.05, 3.63) is 71.5 Å². The number of rotatable bonds is 10. The summed E-state index contributed by atoms with van der Waals surface area (Å²) in [7, 11) is 0. The van der Waals surface area contributed by atoms with E-state index in [9.17, 15) is 27.6 Å². The molecule has 0 bridgehead atoms. The molecule has 3 N–H and O–H groups in total. The van der Waals surface area contributed by atoms with E-state index in [2.05, 4.69) is 24.1 Å². The number of carbonyl (C=O) groups excluding carboxylic acids is 2. The van der Waals surface area contributed by atoms with Crippen LogP contribution in [0.4, 0.5) is 29.3 Å². The number of anilines is 2. The molecule has 0 atom stereocenters. The Labute approximate surface area is 223 Å². The Balaban J connectivity index is 1.83. The topological polar surface area (TPSA) is 118 Å². The first-order valence-electron chi connectivity index (χ1n) is 12.1. The third kappa shape index (κ3) is 8.03. The second-order valence-electron chi connectivity index (χ2n) is 9.12. The molecule has 3 aromatic rings. The van der Waals surface area contributed by atoms with Gasteiger partial charge >= 0.3 is 12.3 Å². The maximum atomic E-state index is 13.6. The van der Waals surface area contributed by atoms with Gasteiger partial charge in [-0.2, -0.15) is 13.2 Å². The van der Waals surface area contributed by atoms with Gasteiger partial charge in [-0.25, -0.2) is 4.79 Å². The first-order valence-corrected chi connectivity index (χ1v) is 12.1. The summed E-state index contributed by atoms with van der Waals surface area (Å²) in [6.45, 7) is 5.53. The molecule has 0 spiro atoms. The lowest BCUT2D eigenvalue weighted by atomic mass is 9.99. The molecule has 2 amide bonds. The number of hydrogen-bond acceptors (Lipinski definition) is 5. The van der Waals surface area contributed by atoms with E-state index in [1.807, 2.05) is 17.4 Å². The van der Waals surface area contributed by atoms with E-state index in [0.717, 1.165) is 29.3 Å². The number of nitrogens with one attached hydrogen (secondary N) is 2. The fourth-order valence-corrected chi connectivity index (χ4v) is 3.90. The van der Waals surface area contributed by atoms with Crippen molar-refractivity contribution in [2.75, 3.05) is 17.2 Å². The number of carboxylic acid groups (broad SMARTS) is 1. The van der Waals surface area contributed by atoms with Crippen molar-refractivity contribution in [3.63, 3.8) is 0 Å². The molecule has 3 rings (SSSR count). The van der Waals surface area contributed by atoms with Crippen LogP contribution in [-0.2, 0) is 17.4 Å². The van der Waals surface area contributed by atoms with Gasteiger partial charge in [0.2, 0.25) is 5.91 Å². The molecule has 0 aliphatic heterocycles. The molecule has 1 heterocycles. The first kappa shape index (κ1) is 29.2. The Kier molecular flexibility index (Phi) is 9.29. The third-order valence-electron chi connectivity index (χ3n) is 5.51. The van der Waals surface area contributed by atoms with Crippen LogP contribution in [0, 0.1) is 5.92 Å². The summed E-state index contributed by atoms with van der Waals surface area (Å²) in [5, 5.41) is 13.3. The van der Waals surface area contributed by atoms with Crippen LogP contribution in [0.5, 0.6) is 5.75 Å². The highest BCUT2D eigenvalue weighted by atomic mass is 19.4. The molecule has 0 aliphatic carbocycles. The van der Waals surface area contributed by atoms with Crippen LogP contribution >= 0.6 is 0 Å². The maximum absolute atomic E-state index is 13.6. The zero-order valence-corrected chi connectivity index (χ0v) is 21.6. The van der Waals surface area contributed by atoms with Crippen molar-refractivity contribution >= 4 is 29.2 Å². The Morgan fingerprint density at radius 3 is 2.33 bits per heavy atom.